The molecule has 0 radical (unpaired) electrons. The van der Waals surface area contributed by atoms with E-state index >= 15 is 0 Å². The SMILES string of the molecule is CC(CO)C(=O)OS(=O)(=O)Cc1ccccc1. The summed E-state index contributed by atoms with van der Waals surface area (Å²) in [4.78, 5) is 11.2. The lowest BCUT2D eigenvalue weighted by atomic mass is 10.2. The van der Waals surface area contributed by atoms with Crippen LogP contribution >= 0.6 is 0 Å². The number of aliphatic hydroxyl groups excluding tert-OH is 1. The molecule has 0 saturated carbocycles. The van der Waals surface area contributed by atoms with Gasteiger partial charge in [-0.1, -0.05) is 30.3 Å². The molecule has 0 spiro atoms. The monoisotopic (exact) mass is 258 g/mol. The molecule has 0 heterocycles. The first kappa shape index (κ1) is 13.7. The summed E-state index contributed by atoms with van der Waals surface area (Å²) in [6.45, 7) is 0.945. The van der Waals surface area contributed by atoms with Crippen LogP contribution in [0.1, 0.15) is 12.5 Å². The van der Waals surface area contributed by atoms with Crippen LogP contribution in [0.4, 0.5) is 0 Å². The molecule has 1 atom stereocenters. The van der Waals surface area contributed by atoms with E-state index in [1.54, 1.807) is 30.3 Å². The molecule has 94 valence electrons. The van der Waals surface area contributed by atoms with E-state index in [1.165, 1.54) is 6.92 Å². The zero-order valence-electron chi connectivity index (χ0n) is 9.37. The summed E-state index contributed by atoms with van der Waals surface area (Å²) in [5.41, 5.74) is 0.539. The molecule has 1 unspecified atom stereocenters. The van der Waals surface area contributed by atoms with Crippen molar-refractivity contribution in [3.8, 4) is 0 Å². The number of hydrogen-bond donors (Lipinski definition) is 1. The van der Waals surface area contributed by atoms with Crippen molar-refractivity contribution in [2.45, 2.75) is 12.7 Å². The van der Waals surface area contributed by atoms with Crippen molar-refractivity contribution in [2.75, 3.05) is 6.61 Å². The third kappa shape index (κ3) is 4.54. The Morgan fingerprint density at radius 1 is 1.35 bits per heavy atom. The minimum absolute atomic E-state index is 0.363. The molecule has 6 heteroatoms. The summed E-state index contributed by atoms with van der Waals surface area (Å²) >= 11 is 0. The summed E-state index contributed by atoms with van der Waals surface area (Å²) in [7, 11) is -3.95. The minimum Gasteiger partial charge on any atom is -0.395 e. The fraction of sp³-hybridized carbons (Fsp3) is 0.364. The van der Waals surface area contributed by atoms with Gasteiger partial charge in [0.1, 0.15) is 5.75 Å². The van der Waals surface area contributed by atoms with Gasteiger partial charge in [-0.3, -0.25) is 4.79 Å². The molecule has 5 nitrogen and oxygen atoms in total. The zero-order chi connectivity index (χ0) is 12.9. The van der Waals surface area contributed by atoms with Gasteiger partial charge in [0.25, 0.3) is 0 Å². The maximum atomic E-state index is 11.5. The maximum Gasteiger partial charge on any atom is 0.327 e. The lowest BCUT2D eigenvalue weighted by Gasteiger charge is -2.08. The Bertz CT molecular complexity index is 466. The molecule has 0 bridgehead atoms. The Morgan fingerprint density at radius 3 is 2.47 bits per heavy atom. The Labute approximate surface area is 100 Å². The molecule has 1 aromatic carbocycles. The Morgan fingerprint density at radius 2 is 1.94 bits per heavy atom. The Kier molecular flexibility index (Phi) is 4.65. The van der Waals surface area contributed by atoms with E-state index in [4.69, 9.17) is 5.11 Å². The van der Waals surface area contributed by atoms with Crippen LogP contribution in [0.25, 0.3) is 0 Å². The van der Waals surface area contributed by atoms with Gasteiger partial charge in [0, 0.05) is 0 Å². The first-order valence-corrected chi connectivity index (χ1v) is 6.63. The minimum atomic E-state index is -3.95. The topological polar surface area (TPSA) is 80.7 Å². The van der Waals surface area contributed by atoms with Crippen molar-refractivity contribution in [2.24, 2.45) is 5.92 Å². The van der Waals surface area contributed by atoms with E-state index in [0.717, 1.165) is 0 Å². The van der Waals surface area contributed by atoms with E-state index in [-0.39, 0.29) is 5.75 Å². The predicted molar refractivity (Wildman–Crippen MR) is 61.4 cm³/mol. The van der Waals surface area contributed by atoms with Gasteiger partial charge in [-0.15, -0.1) is 0 Å². The first-order valence-electron chi connectivity index (χ1n) is 5.05. The van der Waals surface area contributed by atoms with Gasteiger partial charge in [0.05, 0.1) is 12.5 Å². The summed E-state index contributed by atoms with van der Waals surface area (Å²) in [6.07, 6.45) is 0. The van der Waals surface area contributed by atoms with Crippen LogP contribution in [-0.2, 0) is 24.8 Å². The number of hydrogen-bond acceptors (Lipinski definition) is 5. The number of rotatable bonds is 5. The molecular formula is C11H14O5S. The standard InChI is InChI=1S/C11H14O5S/c1-9(7-12)11(13)16-17(14,15)8-10-5-3-2-4-6-10/h2-6,9,12H,7-8H2,1H3. The van der Waals surface area contributed by atoms with Crippen molar-refractivity contribution in [3.05, 3.63) is 35.9 Å². The summed E-state index contributed by atoms with van der Waals surface area (Å²) in [6, 6.07) is 8.41. The molecule has 0 amide bonds. The van der Waals surface area contributed by atoms with E-state index in [0.29, 0.717) is 5.56 Å². The smallest absolute Gasteiger partial charge is 0.327 e. The van der Waals surface area contributed by atoms with Crippen LogP contribution in [0, 0.1) is 5.92 Å². The van der Waals surface area contributed by atoms with Gasteiger partial charge in [0.2, 0.25) is 0 Å². The lowest BCUT2D eigenvalue weighted by molar-refractivity contribution is -0.138. The number of benzene rings is 1. The van der Waals surface area contributed by atoms with Gasteiger partial charge in [-0.2, -0.15) is 8.42 Å². The Balaban J connectivity index is 2.67. The summed E-state index contributed by atoms with van der Waals surface area (Å²) in [5.74, 6) is -2.15. The molecular weight excluding hydrogens is 244 g/mol. The van der Waals surface area contributed by atoms with Crippen LogP contribution in [0.2, 0.25) is 0 Å². The molecule has 0 aliphatic rings. The van der Waals surface area contributed by atoms with Gasteiger partial charge in [0.15, 0.2) is 0 Å². The maximum absolute atomic E-state index is 11.5. The van der Waals surface area contributed by atoms with Crippen LogP contribution in [0.5, 0.6) is 0 Å². The predicted octanol–water partition coefficient (Wildman–Crippen LogP) is 0.688. The highest BCUT2D eigenvalue weighted by Gasteiger charge is 2.22. The molecule has 0 fully saturated rings. The second-order valence-electron chi connectivity index (χ2n) is 3.67. The highest BCUT2D eigenvalue weighted by atomic mass is 32.2. The van der Waals surface area contributed by atoms with E-state index in [9.17, 15) is 13.2 Å². The van der Waals surface area contributed by atoms with Crippen LogP contribution in [0.15, 0.2) is 30.3 Å². The summed E-state index contributed by atoms with van der Waals surface area (Å²) < 4.78 is 27.4. The first-order chi connectivity index (χ1) is 7.94. The molecule has 0 aliphatic heterocycles. The highest BCUT2D eigenvalue weighted by Crippen LogP contribution is 2.09. The van der Waals surface area contributed by atoms with Gasteiger partial charge in [-0.05, 0) is 12.5 Å². The number of carbonyl (C=O) groups excluding carboxylic acids is 1. The largest absolute Gasteiger partial charge is 0.395 e. The Hall–Kier alpha value is -1.40. The molecule has 0 saturated heterocycles. The van der Waals surface area contributed by atoms with E-state index < -0.39 is 28.6 Å². The highest BCUT2D eigenvalue weighted by molar-refractivity contribution is 7.86. The van der Waals surface area contributed by atoms with Gasteiger partial charge < -0.3 is 9.29 Å². The van der Waals surface area contributed by atoms with Crippen molar-refractivity contribution in [3.63, 3.8) is 0 Å². The molecule has 1 aromatic rings. The fourth-order valence-corrected chi connectivity index (χ4v) is 2.16. The van der Waals surface area contributed by atoms with Crippen molar-refractivity contribution in [1.29, 1.82) is 0 Å². The molecule has 1 rings (SSSR count). The van der Waals surface area contributed by atoms with Crippen LogP contribution in [-0.4, -0.2) is 26.1 Å². The third-order valence-corrected chi connectivity index (χ3v) is 3.18. The van der Waals surface area contributed by atoms with Crippen LogP contribution < -0.4 is 0 Å². The summed E-state index contributed by atoms with van der Waals surface area (Å²) in [5, 5.41) is 8.70. The van der Waals surface area contributed by atoms with Crippen LogP contribution in [0.3, 0.4) is 0 Å². The van der Waals surface area contributed by atoms with Gasteiger partial charge in [-0.25, -0.2) is 0 Å². The average Bonchev–Trinajstić information content (AvgIpc) is 2.27. The quantitative estimate of drug-likeness (QED) is 0.786. The van der Waals surface area contributed by atoms with E-state index in [2.05, 4.69) is 4.18 Å². The average molecular weight is 258 g/mol. The van der Waals surface area contributed by atoms with Crippen molar-refractivity contribution in [1.82, 2.24) is 0 Å². The third-order valence-electron chi connectivity index (χ3n) is 2.07. The van der Waals surface area contributed by atoms with E-state index in [1.807, 2.05) is 0 Å². The number of aliphatic hydroxyl groups is 1. The molecule has 17 heavy (non-hydrogen) atoms. The number of carbonyl (C=O) groups is 1. The van der Waals surface area contributed by atoms with Crippen molar-refractivity contribution >= 4 is 16.1 Å². The molecule has 0 aliphatic carbocycles. The second-order valence-corrected chi connectivity index (χ2v) is 5.24. The van der Waals surface area contributed by atoms with Crippen molar-refractivity contribution < 1.29 is 22.5 Å². The lowest BCUT2D eigenvalue weighted by Crippen LogP contribution is -2.22. The molecule has 0 aromatic heterocycles. The zero-order valence-corrected chi connectivity index (χ0v) is 10.2. The molecule has 1 N–H and O–H groups in total. The fourth-order valence-electron chi connectivity index (χ4n) is 1.09. The second kappa shape index (κ2) is 5.79. The normalized spacial score (nSPS) is 13.1. The van der Waals surface area contributed by atoms with Gasteiger partial charge >= 0.3 is 16.1 Å².